The molecule has 0 aliphatic heterocycles. The molecule has 1 heterocycles. The number of hydrogen-bond acceptors (Lipinski definition) is 4. The van der Waals surface area contributed by atoms with E-state index in [1.54, 1.807) is 0 Å². The smallest absolute Gasteiger partial charge is 0.252 e. The number of aromatic hydroxyl groups is 1. The zero-order chi connectivity index (χ0) is 12.3. The molecule has 0 unspecified atom stereocenters. The quantitative estimate of drug-likeness (QED) is 0.596. The van der Waals surface area contributed by atoms with Gasteiger partial charge in [-0.05, 0) is 6.08 Å². The minimum absolute atomic E-state index is 0.148. The largest absolute Gasteiger partial charge is 0.507 e. The third-order valence-corrected chi connectivity index (χ3v) is 1.94. The predicted molar refractivity (Wildman–Crippen MR) is 59.5 cm³/mol. The van der Waals surface area contributed by atoms with Crippen molar-refractivity contribution in [2.45, 2.75) is 6.92 Å². The molecule has 6 heteroatoms. The van der Waals surface area contributed by atoms with Crippen molar-refractivity contribution in [1.29, 1.82) is 0 Å². The SMILES string of the molecule is C=Cc1[nH]c(=O)cc(O)c1/C=C(\C)[N+](=O)[O-]. The van der Waals surface area contributed by atoms with E-state index in [1.807, 2.05) is 0 Å². The van der Waals surface area contributed by atoms with Crippen LogP contribution in [0.1, 0.15) is 18.2 Å². The minimum atomic E-state index is -0.586. The van der Waals surface area contributed by atoms with Crippen molar-refractivity contribution < 1.29 is 10.0 Å². The summed E-state index contributed by atoms with van der Waals surface area (Å²) in [6.45, 7) is 4.73. The predicted octanol–water partition coefficient (Wildman–Crippen LogP) is 1.36. The van der Waals surface area contributed by atoms with Crippen LogP contribution >= 0.6 is 0 Å². The molecule has 84 valence electrons. The first-order valence-corrected chi connectivity index (χ1v) is 4.37. The Morgan fingerprint density at radius 3 is 2.81 bits per heavy atom. The fourth-order valence-electron chi connectivity index (χ4n) is 1.15. The Morgan fingerprint density at radius 1 is 1.69 bits per heavy atom. The highest BCUT2D eigenvalue weighted by Crippen LogP contribution is 2.21. The van der Waals surface area contributed by atoms with Gasteiger partial charge in [-0.15, -0.1) is 0 Å². The van der Waals surface area contributed by atoms with Crippen LogP contribution in [0.5, 0.6) is 5.75 Å². The molecule has 6 nitrogen and oxygen atoms in total. The molecular weight excluding hydrogens is 212 g/mol. The maximum atomic E-state index is 11.0. The summed E-state index contributed by atoms with van der Waals surface area (Å²) >= 11 is 0. The van der Waals surface area contributed by atoms with E-state index in [0.29, 0.717) is 0 Å². The first-order chi connectivity index (χ1) is 7.45. The van der Waals surface area contributed by atoms with Gasteiger partial charge < -0.3 is 10.1 Å². The Labute approximate surface area is 90.7 Å². The van der Waals surface area contributed by atoms with Gasteiger partial charge in [-0.1, -0.05) is 6.58 Å². The van der Waals surface area contributed by atoms with Gasteiger partial charge >= 0.3 is 0 Å². The Kier molecular flexibility index (Phi) is 3.24. The van der Waals surface area contributed by atoms with Gasteiger partial charge in [-0.2, -0.15) is 0 Å². The molecule has 0 saturated carbocycles. The number of aromatic nitrogens is 1. The lowest BCUT2D eigenvalue weighted by Gasteiger charge is -2.02. The summed E-state index contributed by atoms with van der Waals surface area (Å²) in [5.74, 6) is -0.320. The molecule has 0 radical (unpaired) electrons. The summed E-state index contributed by atoms with van der Waals surface area (Å²) in [6.07, 6.45) is 2.47. The zero-order valence-electron chi connectivity index (χ0n) is 8.56. The second-order valence-corrected chi connectivity index (χ2v) is 3.09. The van der Waals surface area contributed by atoms with Gasteiger partial charge in [0.05, 0.1) is 10.6 Å². The lowest BCUT2D eigenvalue weighted by atomic mass is 10.1. The van der Waals surface area contributed by atoms with Gasteiger partial charge in [0.25, 0.3) is 5.56 Å². The molecule has 0 aliphatic rings. The summed E-state index contributed by atoms with van der Waals surface area (Å²) in [7, 11) is 0. The maximum Gasteiger partial charge on any atom is 0.252 e. The number of H-pyrrole nitrogens is 1. The van der Waals surface area contributed by atoms with Crippen LogP contribution in [-0.4, -0.2) is 15.0 Å². The van der Waals surface area contributed by atoms with Gasteiger partial charge in [0.15, 0.2) is 0 Å². The molecule has 0 aliphatic carbocycles. The molecule has 16 heavy (non-hydrogen) atoms. The molecule has 0 fully saturated rings. The second kappa shape index (κ2) is 4.43. The van der Waals surface area contributed by atoms with Gasteiger partial charge in [0.1, 0.15) is 5.75 Å². The summed E-state index contributed by atoms with van der Waals surface area (Å²) in [5, 5.41) is 19.9. The number of allylic oxidation sites excluding steroid dienone is 1. The van der Waals surface area contributed by atoms with Crippen LogP contribution in [0.3, 0.4) is 0 Å². The Bertz CT molecular complexity index is 528. The highest BCUT2D eigenvalue weighted by molar-refractivity contribution is 5.67. The van der Waals surface area contributed by atoms with Crippen LogP contribution in [0.2, 0.25) is 0 Å². The van der Waals surface area contributed by atoms with E-state index in [1.165, 1.54) is 19.1 Å². The number of hydrogen-bond donors (Lipinski definition) is 2. The molecule has 0 aromatic carbocycles. The van der Waals surface area contributed by atoms with E-state index in [0.717, 1.165) is 6.07 Å². The maximum absolute atomic E-state index is 11.0. The van der Waals surface area contributed by atoms with E-state index >= 15 is 0 Å². The van der Waals surface area contributed by atoms with Crippen molar-refractivity contribution in [1.82, 2.24) is 4.98 Å². The number of rotatable bonds is 3. The van der Waals surface area contributed by atoms with E-state index in [-0.39, 0.29) is 22.7 Å². The topological polar surface area (TPSA) is 96.2 Å². The Hall–Kier alpha value is -2.37. The molecule has 0 atom stereocenters. The second-order valence-electron chi connectivity index (χ2n) is 3.09. The molecular formula is C10H10N2O4. The standard InChI is InChI=1S/C10H10N2O4/c1-3-8-7(4-6(2)12(15)16)9(13)5-10(14)11-8/h3-5H,1H2,2H3,(H2,11,13,14)/b6-4+. The van der Waals surface area contributed by atoms with Crippen molar-refractivity contribution in [2.24, 2.45) is 0 Å². The van der Waals surface area contributed by atoms with Crippen LogP contribution in [0.4, 0.5) is 0 Å². The van der Waals surface area contributed by atoms with E-state index in [4.69, 9.17) is 0 Å². The van der Waals surface area contributed by atoms with Gasteiger partial charge in [0, 0.05) is 24.6 Å². The summed E-state index contributed by atoms with van der Waals surface area (Å²) in [4.78, 5) is 23.3. The normalized spacial score (nSPS) is 11.2. The molecule has 0 spiro atoms. The molecule has 0 saturated heterocycles. The van der Waals surface area contributed by atoms with Crippen LogP contribution in [-0.2, 0) is 0 Å². The Morgan fingerprint density at radius 2 is 2.31 bits per heavy atom. The van der Waals surface area contributed by atoms with E-state index in [2.05, 4.69) is 11.6 Å². The van der Waals surface area contributed by atoms with Crippen molar-refractivity contribution >= 4 is 12.2 Å². The number of nitrogens with one attached hydrogen (secondary N) is 1. The highest BCUT2D eigenvalue weighted by Gasteiger charge is 2.10. The molecule has 1 aromatic heterocycles. The zero-order valence-corrected chi connectivity index (χ0v) is 8.56. The van der Waals surface area contributed by atoms with Crippen molar-refractivity contribution in [3.63, 3.8) is 0 Å². The first-order valence-electron chi connectivity index (χ1n) is 4.37. The minimum Gasteiger partial charge on any atom is -0.507 e. The van der Waals surface area contributed by atoms with Crippen LogP contribution < -0.4 is 5.56 Å². The lowest BCUT2D eigenvalue weighted by molar-refractivity contribution is -0.422. The number of pyridine rings is 1. The summed E-state index contributed by atoms with van der Waals surface area (Å²) < 4.78 is 0. The Balaban J connectivity index is 3.44. The summed E-state index contributed by atoms with van der Waals surface area (Å²) in [5.41, 5.74) is -0.233. The van der Waals surface area contributed by atoms with Gasteiger partial charge in [0.2, 0.25) is 5.70 Å². The van der Waals surface area contributed by atoms with Gasteiger partial charge in [-0.25, -0.2) is 0 Å². The monoisotopic (exact) mass is 222 g/mol. The molecule has 1 aromatic rings. The summed E-state index contributed by atoms with van der Waals surface area (Å²) in [6, 6.07) is 0.950. The third-order valence-electron chi connectivity index (χ3n) is 1.94. The third kappa shape index (κ3) is 2.35. The number of aromatic amines is 1. The van der Waals surface area contributed by atoms with E-state index < -0.39 is 10.5 Å². The molecule has 0 bridgehead atoms. The van der Waals surface area contributed by atoms with Crippen molar-refractivity contribution in [3.05, 3.63) is 50.1 Å². The lowest BCUT2D eigenvalue weighted by Crippen LogP contribution is -2.07. The number of nitrogens with zero attached hydrogens (tertiary/aromatic N) is 1. The average molecular weight is 222 g/mol. The number of nitro groups is 1. The molecule has 0 amide bonds. The fourth-order valence-corrected chi connectivity index (χ4v) is 1.15. The van der Waals surface area contributed by atoms with Crippen molar-refractivity contribution in [2.75, 3.05) is 0 Å². The average Bonchev–Trinajstić information content (AvgIpc) is 2.21. The first kappa shape index (κ1) is 11.7. The van der Waals surface area contributed by atoms with Crippen LogP contribution in [0.15, 0.2) is 23.1 Å². The van der Waals surface area contributed by atoms with E-state index in [9.17, 15) is 20.0 Å². The van der Waals surface area contributed by atoms with Crippen LogP contribution in [0.25, 0.3) is 12.2 Å². The molecule has 2 N–H and O–H groups in total. The molecule has 1 rings (SSSR count). The fraction of sp³-hybridized carbons (Fsp3) is 0.100. The van der Waals surface area contributed by atoms with Crippen molar-refractivity contribution in [3.8, 4) is 5.75 Å². The van der Waals surface area contributed by atoms with Crippen LogP contribution in [0, 0.1) is 10.1 Å². The van der Waals surface area contributed by atoms with Gasteiger partial charge in [-0.3, -0.25) is 14.9 Å². The highest BCUT2D eigenvalue weighted by atomic mass is 16.6.